The number of rotatable bonds is 3. The molecular formula is C15H14N2OS. The average Bonchev–Trinajstić information content (AvgIpc) is 2.90. The number of anilines is 1. The highest BCUT2D eigenvalue weighted by Crippen LogP contribution is 2.31. The zero-order valence-corrected chi connectivity index (χ0v) is 11.4. The maximum absolute atomic E-state index is 9.16. The summed E-state index contributed by atoms with van der Waals surface area (Å²) >= 11 is 1.65. The van der Waals surface area contributed by atoms with Crippen molar-refractivity contribution in [3.63, 3.8) is 0 Å². The Hall–Kier alpha value is -1.91. The van der Waals surface area contributed by atoms with Crippen molar-refractivity contribution < 1.29 is 5.11 Å². The fourth-order valence-electron chi connectivity index (χ4n) is 1.97. The van der Waals surface area contributed by atoms with E-state index in [0.29, 0.717) is 0 Å². The third-order valence-corrected chi connectivity index (χ3v) is 4.12. The van der Waals surface area contributed by atoms with Gasteiger partial charge in [0, 0.05) is 18.3 Å². The summed E-state index contributed by atoms with van der Waals surface area (Å²) in [5.74, 6) is 0. The molecule has 0 radical (unpaired) electrons. The Morgan fingerprint density at radius 1 is 1.16 bits per heavy atom. The van der Waals surface area contributed by atoms with Crippen LogP contribution >= 0.6 is 11.3 Å². The summed E-state index contributed by atoms with van der Waals surface area (Å²) in [6.07, 6.45) is 0. The number of nitrogens with zero attached hydrogens (tertiary/aromatic N) is 1. The second-order valence-electron chi connectivity index (χ2n) is 4.31. The Morgan fingerprint density at radius 2 is 1.95 bits per heavy atom. The Labute approximate surface area is 115 Å². The van der Waals surface area contributed by atoms with Crippen LogP contribution in [0.15, 0.2) is 42.5 Å². The minimum atomic E-state index is 0.0695. The third-order valence-electron chi connectivity index (χ3n) is 3.06. The molecule has 0 bridgehead atoms. The summed E-state index contributed by atoms with van der Waals surface area (Å²) in [6, 6.07) is 14.1. The van der Waals surface area contributed by atoms with E-state index >= 15 is 0 Å². The molecule has 0 fully saturated rings. The molecule has 0 aliphatic heterocycles. The van der Waals surface area contributed by atoms with Crippen LogP contribution in [0, 0.1) is 0 Å². The summed E-state index contributed by atoms with van der Waals surface area (Å²) in [5, 5.41) is 13.3. The Balaban J connectivity index is 2.04. The van der Waals surface area contributed by atoms with Crippen LogP contribution in [0.2, 0.25) is 0 Å². The molecule has 19 heavy (non-hydrogen) atoms. The SMILES string of the molecule is CNc1ccc(-c2nc3ccc(CO)cc3s2)cc1. The molecule has 3 rings (SSSR count). The van der Waals surface area contributed by atoms with E-state index in [1.54, 1.807) is 11.3 Å². The van der Waals surface area contributed by atoms with Gasteiger partial charge in [-0.05, 0) is 42.0 Å². The summed E-state index contributed by atoms with van der Waals surface area (Å²) in [6.45, 7) is 0.0695. The largest absolute Gasteiger partial charge is 0.392 e. The molecule has 0 spiro atoms. The average molecular weight is 270 g/mol. The van der Waals surface area contributed by atoms with E-state index in [1.807, 2.05) is 37.4 Å². The van der Waals surface area contributed by atoms with Crippen molar-refractivity contribution >= 4 is 27.2 Å². The molecule has 4 heteroatoms. The van der Waals surface area contributed by atoms with E-state index < -0.39 is 0 Å². The molecule has 0 unspecified atom stereocenters. The van der Waals surface area contributed by atoms with Crippen molar-refractivity contribution in [3.8, 4) is 10.6 Å². The van der Waals surface area contributed by atoms with Gasteiger partial charge in [0.1, 0.15) is 5.01 Å². The summed E-state index contributed by atoms with van der Waals surface area (Å²) in [7, 11) is 1.91. The number of hydrogen-bond acceptors (Lipinski definition) is 4. The van der Waals surface area contributed by atoms with Gasteiger partial charge in [0.2, 0.25) is 0 Å². The number of thiazole rings is 1. The minimum absolute atomic E-state index is 0.0695. The number of aliphatic hydroxyl groups is 1. The normalized spacial score (nSPS) is 10.8. The molecule has 2 aromatic carbocycles. The highest BCUT2D eigenvalue weighted by atomic mass is 32.1. The van der Waals surface area contributed by atoms with Gasteiger partial charge in [-0.15, -0.1) is 11.3 Å². The van der Waals surface area contributed by atoms with Crippen molar-refractivity contribution in [2.45, 2.75) is 6.61 Å². The molecule has 96 valence electrons. The lowest BCUT2D eigenvalue weighted by Crippen LogP contribution is -1.86. The number of hydrogen-bond donors (Lipinski definition) is 2. The van der Waals surface area contributed by atoms with Crippen molar-refractivity contribution in [1.29, 1.82) is 0 Å². The standard InChI is InChI=1S/C15H14N2OS/c1-16-12-5-3-11(4-6-12)15-17-13-7-2-10(9-18)8-14(13)19-15/h2-8,16,18H,9H2,1H3. The summed E-state index contributed by atoms with van der Waals surface area (Å²) in [5.41, 5.74) is 4.11. The Morgan fingerprint density at radius 3 is 2.63 bits per heavy atom. The molecule has 0 saturated heterocycles. The second-order valence-corrected chi connectivity index (χ2v) is 5.34. The van der Waals surface area contributed by atoms with Crippen LogP contribution in [0.5, 0.6) is 0 Å². The number of fused-ring (bicyclic) bond motifs is 1. The smallest absolute Gasteiger partial charge is 0.124 e. The van der Waals surface area contributed by atoms with E-state index in [0.717, 1.165) is 32.0 Å². The van der Waals surface area contributed by atoms with Gasteiger partial charge in [-0.1, -0.05) is 6.07 Å². The predicted octanol–water partition coefficient (Wildman–Crippen LogP) is 3.50. The molecule has 1 aromatic heterocycles. The maximum atomic E-state index is 9.16. The molecule has 2 N–H and O–H groups in total. The summed E-state index contributed by atoms with van der Waals surface area (Å²) in [4.78, 5) is 4.63. The molecule has 0 aliphatic rings. The van der Waals surface area contributed by atoms with Crippen LogP contribution < -0.4 is 5.32 Å². The predicted molar refractivity (Wildman–Crippen MR) is 80.5 cm³/mol. The molecule has 1 heterocycles. The van der Waals surface area contributed by atoms with Crippen molar-refractivity contribution in [1.82, 2.24) is 4.98 Å². The van der Waals surface area contributed by atoms with E-state index in [2.05, 4.69) is 22.4 Å². The van der Waals surface area contributed by atoms with Crippen molar-refractivity contribution in [2.75, 3.05) is 12.4 Å². The highest BCUT2D eigenvalue weighted by Gasteiger charge is 2.06. The van der Waals surface area contributed by atoms with Crippen LogP contribution in [0.25, 0.3) is 20.8 Å². The molecule has 0 atom stereocenters. The number of aromatic nitrogens is 1. The van der Waals surface area contributed by atoms with E-state index in [1.165, 1.54) is 0 Å². The topological polar surface area (TPSA) is 45.2 Å². The first-order valence-corrected chi connectivity index (χ1v) is 6.90. The second kappa shape index (κ2) is 4.99. The van der Waals surface area contributed by atoms with E-state index in [-0.39, 0.29) is 6.61 Å². The first-order valence-electron chi connectivity index (χ1n) is 6.08. The molecule has 3 aromatic rings. The van der Waals surface area contributed by atoms with Crippen molar-refractivity contribution in [2.24, 2.45) is 0 Å². The quantitative estimate of drug-likeness (QED) is 0.765. The Kier molecular flexibility index (Phi) is 3.19. The van der Waals surface area contributed by atoms with Gasteiger partial charge in [0.05, 0.1) is 16.8 Å². The maximum Gasteiger partial charge on any atom is 0.124 e. The first kappa shape index (κ1) is 12.1. The van der Waals surface area contributed by atoms with Gasteiger partial charge in [-0.2, -0.15) is 0 Å². The molecular weight excluding hydrogens is 256 g/mol. The van der Waals surface area contributed by atoms with Crippen molar-refractivity contribution in [3.05, 3.63) is 48.0 Å². The van der Waals surface area contributed by atoms with Gasteiger partial charge < -0.3 is 10.4 Å². The highest BCUT2D eigenvalue weighted by molar-refractivity contribution is 7.21. The number of aliphatic hydroxyl groups excluding tert-OH is 1. The number of benzene rings is 2. The van der Waals surface area contributed by atoms with Crippen LogP contribution in [0.3, 0.4) is 0 Å². The van der Waals surface area contributed by atoms with Crippen LogP contribution in [0.1, 0.15) is 5.56 Å². The van der Waals surface area contributed by atoms with Gasteiger partial charge in [-0.3, -0.25) is 0 Å². The third kappa shape index (κ3) is 2.32. The fraction of sp³-hybridized carbons (Fsp3) is 0.133. The minimum Gasteiger partial charge on any atom is -0.392 e. The van der Waals surface area contributed by atoms with Gasteiger partial charge in [0.15, 0.2) is 0 Å². The number of nitrogens with one attached hydrogen (secondary N) is 1. The van der Waals surface area contributed by atoms with Crippen LogP contribution in [-0.4, -0.2) is 17.1 Å². The van der Waals surface area contributed by atoms with Crippen LogP contribution in [0.4, 0.5) is 5.69 Å². The van der Waals surface area contributed by atoms with Gasteiger partial charge in [-0.25, -0.2) is 4.98 Å². The fourth-order valence-corrected chi connectivity index (χ4v) is 3.01. The lowest BCUT2D eigenvalue weighted by molar-refractivity contribution is 0.282. The molecule has 3 nitrogen and oxygen atoms in total. The van der Waals surface area contributed by atoms with Gasteiger partial charge in [0.25, 0.3) is 0 Å². The molecule has 0 saturated carbocycles. The zero-order chi connectivity index (χ0) is 13.2. The van der Waals surface area contributed by atoms with E-state index in [9.17, 15) is 0 Å². The molecule has 0 amide bonds. The van der Waals surface area contributed by atoms with Crippen LogP contribution in [-0.2, 0) is 6.61 Å². The Bertz CT molecular complexity index is 704. The lowest BCUT2D eigenvalue weighted by atomic mass is 10.2. The first-order chi connectivity index (χ1) is 9.30. The van der Waals surface area contributed by atoms with E-state index in [4.69, 9.17) is 5.11 Å². The zero-order valence-electron chi connectivity index (χ0n) is 10.6. The lowest BCUT2D eigenvalue weighted by Gasteiger charge is -2.00. The summed E-state index contributed by atoms with van der Waals surface area (Å²) < 4.78 is 1.11. The molecule has 0 aliphatic carbocycles. The monoisotopic (exact) mass is 270 g/mol. The van der Waals surface area contributed by atoms with Gasteiger partial charge >= 0.3 is 0 Å².